The molecule has 0 spiro atoms. The van der Waals surface area contributed by atoms with Gasteiger partial charge in [0, 0.05) is 16.3 Å². The molecule has 0 fully saturated rings. The first-order valence-corrected chi connectivity index (χ1v) is 9.84. The zero-order valence-electron chi connectivity index (χ0n) is 15.6. The normalized spacial score (nSPS) is 12.6. The maximum atomic E-state index is 12.5. The Kier molecular flexibility index (Phi) is 4.50. The zero-order valence-corrected chi connectivity index (χ0v) is 16.4. The Morgan fingerprint density at radius 1 is 1.22 bits per heavy atom. The standard InChI is InChI=1S/C22H22N2O2S/c1-12-10-17(26-3)18(15-6-4-14(5-7-15)13(2)11-23)19-16-8-9-27-21(16)22(25)24-20(12)19/h4-10,13H,11,23H2,1-3H3,(H,24,25)/t13-/m0/s1. The minimum atomic E-state index is -0.0427. The molecule has 27 heavy (non-hydrogen) atoms. The highest BCUT2D eigenvalue weighted by Crippen LogP contribution is 2.41. The number of pyridine rings is 1. The van der Waals surface area contributed by atoms with Gasteiger partial charge in [-0.2, -0.15) is 0 Å². The fourth-order valence-electron chi connectivity index (χ4n) is 3.63. The molecule has 2 aromatic heterocycles. The molecule has 0 bridgehead atoms. The first-order chi connectivity index (χ1) is 13.0. The van der Waals surface area contributed by atoms with Gasteiger partial charge in [0.2, 0.25) is 0 Å². The van der Waals surface area contributed by atoms with Gasteiger partial charge in [0.15, 0.2) is 0 Å². The third-order valence-corrected chi connectivity index (χ3v) is 6.12. The van der Waals surface area contributed by atoms with Gasteiger partial charge in [-0.05, 0) is 53.6 Å². The molecule has 4 rings (SSSR count). The summed E-state index contributed by atoms with van der Waals surface area (Å²) in [6, 6.07) is 12.5. The number of H-pyrrole nitrogens is 1. The summed E-state index contributed by atoms with van der Waals surface area (Å²) in [6.45, 7) is 4.73. The highest BCUT2D eigenvalue weighted by Gasteiger charge is 2.18. The van der Waals surface area contributed by atoms with Gasteiger partial charge < -0.3 is 15.5 Å². The first-order valence-electron chi connectivity index (χ1n) is 8.96. The Bertz CT molecular complexity index is 1190. The van der Waals surface area contributed by atoms with E-state index in [1.807, 2.05) is 24.4 Å². The molecule has 138 valence electrons. The van der Waals surface area contributed by atoms with E-state index >= 15 is 0 Å². The number of aromatic amines is 1. The number of nitrogens with one attached hydrogen (secondary N) is 1. The Morgan fingerprint density at radius 3 is 2.63 bits per heavy atom. The Labute approximate surface area is 161 Å². The zero-order chi connectivity index (χ0) is 19.1. The molecule has 1 atom stereocenters. The molecule has 4 aromatic rings. The average Bonchev–Trinajstić information content (AvgIpc) is 3.18. The quantitative estimate of drug-likeness (QED) is 0.536. The van der Waals surface area contributed by atoms with E-state index in [1.54, 1.807) is 7.11 Å². The van der Waals surface area contributed by atoms with E-state index in [2.05, 4.69) is 36.2 Å². The molecule has 0 saturated heterocycles. The second-order valence-corrected chi connectivity index (χ2v) is 7.81. The second kappa shape index (κ2) is 6.83. The van der Waals surface area contributed by atoms with Crippen LogP contribution in [-0.4, -0.2) is 18.6 Å². The number of methoxy groups -OCH3 is 1. The van der Waals surface area contributed by atoms with Crippen molar-refractivity contribution in [3.05, 3.63) is 63.3 Å². The van der Waals surface area contributed by atoms with Crippen molar-refractivity contribution in [3.63, 3.8) is 0 Å². The Balaban J connectivity index is 2.08. The molecule has 2 aromatic carbocycles. The van der Waals surface area contributed by atoms with E-state index in [0.717, 1.165) is 43.4 Å². The maximum Gasteiger partial charge on any atom is 0.266 e. The molecule has 3 N–H and O–H groups in total. The minimum Gasteiger partial charge on any atom is -0.496 e. The number of aromatic nitrogens is 1. The molecule has 2 heterocycles. The summed E-state index contributed by atoms with van der Waals surface area (Å²) in [4.78, 5) is 15.5. The van der Waals surface area contributed by atoms with E-state index in [4.69, 9.17) is 10.5 Å². The first kappa shape index (κ1) is 17.8. The van der Waals surface area contributed by atoms with Crippen LogP contribution in [0.25, 0.3) is 32.1 Å². The van der Waals surface area contributed by atoms with Crippen LogP contribution in [0.15, 0.2) is 46.6 Å². The van der Waals surface area contributed by atoms with Crippen molar-refractivity contribution in [3.8, 4) is 16.9 Å². The molecule has 0 aliphatic rings. The molecule has 0 radical (unpaired) electrons. The molecular weight excluding hydrogens is 356 g/mol. The van der Waals surface area contributed by atoms with Gasteiger partial charge in [-0.15, -0.1) is 11.3 Å². The average molecular weight is 378 g/mol. The molecule has 0 aliphatic heterocycles. The van der Waals surface area contributed by atoms with Crippen LogP contribution in [0.4, 0.5) is 0 Å². The third kappa shape index (κ3) is 2.83. The van der Waals surface area contributed by atoms with Crippen molar-refractivity contribution in [2.45, 2.75) is 19.8 Å². The van der Waals surface area contributed by atoms with Crippen molar-refractivity contribution < 1.29 is 4.74 Å². The number of aryl methyl sites for hydroxylation is 1. The number of rotatable bonds is 4. The summed E-state index contributed by atoms with van der Waals surface area (Å²) in [5.41, 5.74) is 10.9. The SMILES string of the molecule is COc1cc(C)c2[nH]c(=O)c3sccc3c2c1-c1ccc([C@@H](C)CN)cc1. The van der Waals surface area contributed by atoms with Gasteiger partial charge in [-0.1, -0.05) is 31.2 Å². The van der Waals surface area contributed by atoms with Gasteiger partial charge >= 0.3 is 0 Å². The minimum absolute atomic E-state index is 0.0427. The number of ether oxygens (including phenoxy) is 1. The largest absolute Gasteiger partial charge is 0.496 e. The van der Waals surface area contributed by atoms with Crippen molar-refractivity contribution in [1.82, 2.24) is 4.98 Å². The molecule has 0 unspecified atom stereocenters. The maximum absolute atomic E-state index is 12.5. The van der Waals surface area contributed by atoms with Crippen molar-refractivity contribution in [2.24, 2.45) is 5.73 Å². The summed E-state index contributed by atoms with van der Waals surface area (Å²) in [6.07, 6.45) is 0. The summed E-state index contributed by atoms with van der Waals surface area (Å²) < 4.78 is 6.48. The van der Waals surface area contributed by atoms with Gasteiger partial charge in [-0.25, -0.2) is 0 Å². The van der Waals surface area contributed by atoms with Crippen molar-refractivity contribution in [1.29, 1.82) is 0 Å². The van der Waals surface area contributed by atoms with Gasteiger partial charge in [0.05, 0.1) is 12.6 Å². The van der Waals surface area contributed by atoms with Crippen LogP contribution >= 0.6 is 11.3 Å². The van der Waals surface area contributed by atoms with Crippen LogP contribution in [0.5, 0.6) is 5.75 Å². The monoisotopic (exact) mass is 378 g/mol. The van der Waals surface area contributed by atoms with E-state index < -0.39 is 0 Å². The lowest BCUT2D eigenvalue weighted by Crippen LogP contribution is -2.08. The summed E-state index contributed by atoms with van der Waals surface area (Å²) in [7, 11) is 1.69. The number of thiophene rings is 1. The lowest BCUT2D eigenvalue weighted by Gasteiger charge is -2.16. The summed E-state index contributed by atoms with van der Waals surface area (Å²) in [5.74, 6) is 1.12. The second-order valence-electron chi connectivity index (χ2n) is 6.90. The number of nitrogens with two attached hydrogens (primary N) is 1. The van der Waals surface area contributed by atoms with E-state index in [-0.39, 0.29) is 5.56 Å². The van der Waals surface area contributed by atoms with E-state index in [1.165, 1.54) is 16.9 Å². The highest BCUT2D eigenvalue weighted by atomic mass is 32.1. The van der Waals surface area contributed by atoms with Crippen LogP contribution in [-0.2, 0) is 0 Å². The Morgan fingerprint density at radius 2 is 1.96 bits per heavy atom. The predicted octanol–water partition coefficient (Wildman–Crippen LogP) is 4.79. The van der Waals surface area contributed by atoms with Crippen molar-refractivity contribution in [2.75, 3.05) is 13.7 Å². The number of hydrogen-bond acceptors (Lipinski definition) is 4. The number of hydrogen-bond donors (Lipinski definition) is 2. The lowest BCUT2D eigenvalue weighted by molar-refractivity contribution is 0.416. The molecular formula is C22H22N2O2S. The topological polar surface area (TPSA) is 68.1 Å². The van der Waals surface area contributed by atoms with E-state index in [9.17, 15) is 4.79 Å². The van der Waals surface area contributed by atoms with Crippen LogP contribution < -0.4 is 16.0 Å². The summed E-state index contributed by atoms with van der Waals surface area (Å²) in [5, 5.41) is 3.96. The predicted molar refractivity (Wildman–Crippen MR) is 114 cm³/mol. The van der Waals surface area contributed by atoms with Gasteiger partial charge in [-0.3, -0.25) is 4.79 Å². The highest BCUT2D eigenvalue weighted by molar-refractivity contribution is 7.17. The molecule has 5 heteroatoms. The number of fused-ring (bicyclic) bond motifs is 3. The fraction of sp³-hybridized carbons (Fsp3) is 0.227. The van der Waals surface area contributed by atoms with Crippen molar-refractivity contribution >= 4 is 32.3 Å². The van der Waals surface area contributed by atoms with Crippen LogP contribution in [0.1, 0.15) is 24.0 Å². The fourth-order valence-corrected chi connectivity index (χ4v) is 4.43. The van der Waals surface area contributed by atoms with Gasteiger partial charge in [0.25, 0.3) is 5.56 Å². The molecule has 0 saturated carbocycles. The van der Waals surface area contributed by atoms with Crippen LogP contribution in [0, 0.1) is 6.92 Å². The third-order valence-electron chi connectivity index (χ3n) is 5.21. The van der Waals surface area contributed by atoms with Crippen LogP contribution in [0.2, 0.25) is 0 Å². The smallest absolute Gasteiger partial charge is 0.266 e. The molecule has 0 aliphatic carbocycles. The Hall–Kier alpha value is -2.63. The lowest BCUT2D eigenvalue weighted by atomic mass is 9.93. The molecule has 0 amide bonds. The van der Waals surface area contributed by atoms with Gasteiger partial charge in [0.1, 0.15) is 10.4 Å². The number of benzene rings is 2. The van der Waals surface area contributed by atoms with E-state index in [0.29, 0.717) is 12.5 Å². The summed E-state index contributed by atoms with van der Waals surface area (Å²) >= 11 is 1.46. The van der Waals surface area contributed by atoms with Crippen LogP contribution in [0.3, 0.4) is 0 Å². The molecule has 4 nitrogen and oxygen atoms in total.